The molecule has 0 unspecified atom stereocenters. The quantitative estimate of drug-likeness (QED) is 0.686. The fourth-order valence-corrected chi connectivity index (χ4v) is 2.44. The van der Waals surface area contributed by atoms with Gasteiger partial charge in [0.05, 0.1) is 0 Å². The standard InChI is InChI=1S/C19H19ClN4/c1-14-11-18(21-12-15-5-3-2-4-6-15)24-19(23-14)22-13-16-7-9-17(20)10-8-16/h2-11H,12-13H2,1H3,(H2,21,22,23,24). The Bertz CT molecular complexity index is 788. The molecule has 4 nitrogen and oxygen atoms in total. The highest BCUT2D eigenvalue weighted by Crippen LogP contribution is 2.14. The minimum absolute atomic E-state index is 0.612. The van der Waals surface area contributed by atoms with Crippen molar-refractivity contribution in [1.82, 2.24) is 9.97 Å². The van der Waals surface area contributed by atoms with Crippen molar-refractivity contribution in [2.24, 2.45) is 0 Å². The van der Waals surface area contributed by atoms with E-state index >= 15 is 0 Å². The molecule has 0 atom stereocenters. The molecule has 0 amide bonds. The number of anilines is 2. The number of benzene rings is 2. The first-order valence-electron chi connectivity index (χ1n) is 7.81. The maximum absolute atomic E-state index is 5.90. The normalized spacial score (nSPS) is 10.4. The van der Waals surface area contributed by atoms with Crippen molar-refractivity contribution in [3.63, 3.8) is 0 Å². The first-order chi connectivity index (χ1) is 11.7. The average Bonchev–Trinajstić information content (AvgIpc) is 2.60. The van der Waals surface area contributed by atoms with Crippen LogP contribution in [-0.2, 0) is 13.1 Å². The lowest BCUT2D eigenvalue weighted by atomic mass is 10.2. The van der Waals surface area contributed by atoms with Crippen LogP contribution in [0.25, 0.3) is 0 Å². The van der Waals surface area contributed by atoms with E-state index in [-0.39, 0.29) is 0 Å². The lowest BCUT2D eigenvalue weighted by molar-refractivity contribution is 1.01. The fraction of sp³-hybridized carbons (Fsp3) is 0.158. The Morgan fingerprint density at radius 2 is 1.50 bits per heavy atom. The van der Waals surface area contributed by atoms with Crippen LogP contribution >= 0.6 is 11.6 Å². The molecule has 2 aromatic carbocycles. The molecule has 0 aliphatic heterocycles. The van der Waals surface area contributed by atoms with Crippen molar-refractivity contribution in [3.8, 4) is 0 Å². The molecule has 24 heavy (non-hydrogen) atoms. The Morgan fingerprint density at radius 3 is 2.25 bits per heavy atom. The van der Waals surface area contributed by atoms with Crippen molar-refractivity contribution in [3.05, 3.63) is 82.5 Å². The van der Waals surface area contributed by atoms with Gasteiger partial charge in [0.2, 0.25) is 5.95 Å². The van der Waals surface area contributed by atoms with Crippen LogP contribution in [0.15, 0.2) is 60.7 Å². The molecule has 5 heteroatoms. The van der Waals surface area contributed by atoms with Gasteiger partial charge in [-0.15, -0.1) is 0 Å². The Kier molecular flexibility index (Phi) is 5.29. The maximum atomic E-state index is 5.90. The fourth-order valence-electron chi connectivity index (χ4n) is 2.31. The van der Waals surface area contributed by atoms with E-state index in [9.17, 15) is 0 Å². The molecule has 3 aromatic rings. The van der Waals surface area contributed by atoms with E-state index in [4.69, 9.17) is 11.6 Å². The molecular weight excluding hydrogens is 320 g/mol. The van der Waals surface area contributed by atoms with Gasteiger partial charge in [-0.05, 0) is 30.2 Å². The summed E-state index contributed by atoms with van der Waals surface area (Å²) in [6, 6.07) is 19.9. The lowest BCUT2D eigenvalue weighted by Crippen LogP contribution is -2.08. The summed E-state index contributed by atoms with van der Waals surface area (Å²) in [5, 5.41) is 7.33. The van der Waals surface area contributed by atoms with Gasteiger partial charge in [0, 0.05) is 29.9 Å². The molecule has 0 spiro atoms. The van der Waals surface area contributed by atoms with Crippen LogP contribution in [0.1, 0.15) is 16.8 Å². The van der Waals surface area contributed by atoms with Gasteiger partial charge in [-0.2, -0.15) is 4.98 Å². The van der Waals surface area contributed by atoms with Crippen molar-refractivity contribution in [1.29, 1.82) is 0 Å². The molecule has 0 saturated heterocycles. The predicted molar refractivity (Wildman–Crippen MR) is 99.3 cm³/mol. The maximum Gasteiger partial charge on any atom is 0.225 e. The van der Waals surface area contributed by atoms with Gasteiger partial charge >= 0.3 is 0 Å². The van der Waals surface area contributed by atoms with Crippen molar-refractivity contribution in [2.75, 3.05) is 10.6 Å². The first-order valence-corrected chi connectivity index (χ1v) is 8.18. The van der Waals surface area contributed by atoms with Gasteiger partial charge < -0.3 is 10.6 Å². The number of nitrogens with zero attached hydrogens (tertiary/aromatic N) is 2. The molecule has 2 N–H and O–H groups in total. The van der Waals surface area contributed by atoms with Gasteiger partial charge in [-0.25, -0.2) is 4.98 Å². The summed E-state index contributed by atoms with van der Waals surface area (Å²) in [7, 11) is 0. The number of hydrogen-bond donors (Lipinski definition) is 2. The Labute approximate surface area is 146 Å². The zero-order valence-corrected chi connectivity index (χ0v) is 14.2. The molecule has 0 bridgehead atoms. The highest BCUT2D eigenvalue weighted by atomic mass is 35.5. The topological polar surface area (TPSA) is 49.8 Å². The third-order valence-corrected chi connectivity index (χ3v) is 3.79. The summed E-state index contributed by atoms with van der Waals surface area (Å²) in [4.78, 5) is 8.96. The monoisotopic (exact) mass is 338 g/mol. The van der Waals surface area contributed by atoms with E-state index in [0.29, 0.717) is 12.5 Å². The van der Waals surface area contributed by atoms with Crippen LogP contribution in [0.5, 0.6) is 0 Å². The molecule has 0 fully saturated rings. The number of hydrogen-bond acceptors (Lipinski definition) is 4. The largest absolute Gasteiger partial charge is 0.366 e. The SMILES string of the molecule is Cc1cc(NCc2ccccc2)nc(NCc2ccc(Cl)cc2)n1. The predicted octanol–water partition coefficient (Wildman–Crippen LogP) is 4.66. The third kappa shape index (κ3) is 4.70. The van der Waals surface area contributed by atoms with Crippen LogP contribution in [0.4, 0.5) is 11.8 Å². The molecule has 0 aliphatic rings. The van der Waals surface area contributed by atoms with Crippen LogP contribution in [0.3, 0.4) is 0 Å². The first kappa shape index (κ1) is 16.3. The molecule has 1 heterocycles. The number of nitrogens with one attached hydrogen (secondary N) is 2. The highest BCUT2D eigenvalue weighted by Gasteiger charge is 2.03. The van der Waals surface area contributed by atoms with Crippen LogP contribution in [0.2, 0.25) is 5.02 Å². The number of halogens is 1. The smallest absolute Gasteiger partial charge is 0.225 e. The van der Waals surface area contributed by atoms with Gasteiger partial charge in [0.1, 0.15) is 5.82 Å². The molecule has 0 radical (unpaired) electrons. The highest BCUT2D eigenvalue weighted by molar-refractivity contribution is 6.30. The number of rotatable bonds is 6. The molecule has 3 rings (SSSR count). The van der Waals surface area contributed by atoms with E-state index in [1.165, 1.54) is 5.56 Å². The van der Waals surface area contributed by atoms with Gasteiger partial charge in [0.25, 0.3) is 0 Å². The van der Waals surface area contributed by atoms with Gasteiger partial charge in [0.15, 0.2) is 0 Å². The summed E-state index contributed by atoms with van der Waals surface area (Å²) < 4.78 is 0. The molecule has 122 valence electrons. The van der Waals surface area contributed by atoms with E-state index in [2.05, 4.69) is 32.7 Å². The van der Waals surface area contributed by atoms with E-state index in [1.54, 1.807) is 0 Å². The van der Waals surface area contributed by atoms with Crippen LogP contribution in [-0.4, -0.2) is 9.97 Å². The number of aryl methyl sites for hydroxylation is 1. The van der Waals surface area contributed by atoms with Crippen LogP contribution < -0.4 is 10.6 Å². The minimum Gasteiger partial charge on any atom is -0.366 e. The van der Waals surface area contributed by atoms with Gasteiger partial charge in [-0.1, -0.05) is 54.1 Å². The minimum atomic E-state index is 0.612. The van der Waals surface area contributed by atoms with Crippen LogP contribution in [0, 0.1) is 6.92 Å². The third-order valence-electron chi connectivity index (χ3n) is 3.53. The van der Waals surface area contributed by atoms with E-state index in [0.717, 1.165) is 28.6 Å². The Morgan fingerprint density at radius 1 is 0.833 bits per heavy atom. The molecule has 0 saturated carbocycles. The summed E-state index contributed by atoms with van der Waals surface area (Å²) in [6.07, 6.45) is 0. The van der Waals surface area contributed by atoms with Crippen molar-refractivity contribution < 1.29 is 0 Å². The summed E-state index contributed by atoms with van der Waals surface area (Å²) in [5.74, 6) is 1.42. The zero-order chi connectivity index (χ0) is 16.8. The summed E-state index contributed by atoms with van der Waals surface area (Å²) in [5.41, 5.74) is 3.26. The second-order valence-corrected chi connectivity index (χ2v) is 5.97. The Hall–Kier alpha value is -2.59. The number of aromatic nitrogens is 2. The average molecular weight is 339 g/mol. The molecular formula is C19H19ClN4. The second-order valence-electron chi connectivity index (χ2n) is 5.54. The molecule has 0 aliphatic carbocycles. The van der Waals surface area contributed by atoms with E-state index in [1.807, 2.05) is 55.5 Å². The molecule has 1 aromatic heterocycles. The van der Waals surface area contributed by atoms with Crippen molar-refractivity contribution >= 4 is 23.4 Å². The van der Waals surface area contributed by atoms with E-state index < -0.39 is 0 Å². The summed E-state index contributed by atoms with van der Waals surface area (Å²) >= 11 is 5.90. The Balaban J connectivity index is 1.63. The van der Waals surface area contributed by atoms with Gasteiger partial charge in [-0.3, -0.25) is 0 Å². The summed E-state index contributed by atoms with van der Waals surface area (Å²) in [6.45, 7) is 3.34. The zero-order valence-electron chi connectivity index (χ0n) is 13.5. The lowest BCUT2D eigenvalue weighted by Gasteiger charge is -2.10. The second kappa shape index (κ2) is 7.79. The van der Waals surface area contributed by atoms with Crippen molar-refractivity contribution in [2.45, 2.75) is 20.0 Å².